The Morgan fingerprint density at radius 2 is 1.43 bits per heavy atom. The van der Waals surface area contributed by atoms with Crippen LogP contribution in [0, 0.1) is 10.1 Å². The zero-order chi connectivity index (χ0) is 25.0. The lowest BCUT2D eigenvalue weighted by Gasteiger charge is -2.16. The summed E-state index contributed by atoms with van der Waals surface area (Å²) >= 11 is 0. The van der Waals surface area contributed by atoms with Gasteiger partial charge in [-0.25, -0.2) is 0 Å². The Morgan fingerprint density at radius 1 is 0.800 bits per heavy atom. The minimum Gasteiger partial charge on any atom is -0.497 e. The first-order chi connectivity index (χ1) is 16.8. The molecule has 4 aromatic rings. The van der Waals surface area contributed by atoms with Crippen LogP contribution in [0.3, 0.4) is 0 Å². The fourth-order valence-electron chi connectivity index (χ4n) is 3.85. The Bertz CT molecular complexity index is 1350. The number of rotatable bonds is 7. The van der Waals surface area contributed by atoms with Gasteiger partial charge in [0.1, 0.15) is 18.1 Å². The zero-order valence-corrected chi connectivity index (χ0v) is 18.6. The first-order valence-electron chi connectivity index (χ1n) is 10.6. The van der Waals surface area contributed by atoms with E-state index in [9.17, 15) is 23.3 Å². The van der Waals surface area contributed by atoms with E-state index in [0.717, 1.165) is 11.6 Å². The van der Waals surface area contributed by atoms with Gasteiger partial charge in [0.2, 0.25) is 0 Å². The quantitative estimate of drug-likeness (QED) is 0.203. The number of methoxy groups -OCH3 is 1. The van der Waals surface area contributed by atoms with E-state index in [1.807, 2.05) is 30.3 Å². The van der Waals surface area contributed by atoms with Gasteiger partial charge in [0.05, 0.1) is 28.7 Å². The molecule has 0 fully saturated rings. The van der Waals surface area contributed by atoms with Crippen LogP contribution < -0.4 is 9.47 Å². The molecule has 0 amide bonds. The van der Waals surface area contributed by atoms with Gasteiger partial charge in [-0.15, -0.1) is 0 Å². The molecule has 5 nitrogen and oxygen atoms in total. The zero-order valence-electron chi connectivity index (χ0n) is 18.6. The second-order valence-electron chi connectivity index (χ2n) is 7.64. The third-order valence-corrected chi connectivity index (χ3v) is 5.46. The van der Waals surface area contributed by atoms with Crippen LogP contribution in [0.1, 0.15) is 11.1 Å². The molecular weight excluding hydrogens is 459 g/mol. The second-order valence-corrected chi connectivity index (χ2v) is 7.64. The maximum absolute atomic E-state index is 13.7. The van der Waals surface area contributed by atoms with Crippen molar-refractivity contribution in [2.24, 2.45) is 0 Å². The van der Waals surface area contributed by atoms with Crippen LogP contribution in [-0.2, 0) is 12.8 Å². The molecule has 0 aliphatic rings. The van der Waals surface area contributed by atoms with E-state index < -0.39 is 22.4 Å². The summed E-state index contributed by atoms with van der Waals surface area (Å²) in [7, 11) is 1.48. The van der Waals surface area contributed by atoms with Crippen LogP contribution in [0.4, 0.5) is 18.9 Å². The van der Waals surface area contributed by atoms with E-state index in [1.165, 1.54) is 43.5 Å². The van der Waals surface area contributed by atoms with Gasteiger partial charge in [-0.2, -0.15) is 13.2 Å². The summed E-state index contributed by atoms with van der Waals surface area (Å²) in [5, 5.41) is 12.2. The van der Waals surface area contributed by atoms with Crippen LogP contribution >= 0.6 is 0 Å². The summed E-state index contributed by atoms with van der Waals surface area (Å²) in [5.74, 6) is 0.774. The SMILES string of the molecule is COc1ccc(-c2cccc(-c3ccccc3C(F)(F)F)c2[N+](=O)[O-])c(OCc2ccccc2)c1. The number of hydrogen-bond acceptors (Lipinski definition) is 4. The van der Waals surface area contributed by atoms with Crippen molar-refractivity contribution in [3.05, 3.63) is 112 Å². The highest BCUT2D eigenvalue weighted by Crippen LogP contribution is 2.46. The standard InChI is InChI=1S/C27H20F3NO4/c1-34-19-14-15-21(25(16-19)35-17-18-8-3-2-4-9-18)23-12-7-11-22(26(23)31(32)33)20-10-5-6-13-24(20)27(28,29)30/h2-16H,17H2,1H3. The minimum absolute atomic E-state index is 0.134. The van der Waals surface area contributed by atoms with Gasteiger partial charge >= 0.3 is 6.18 Å². The van der Waals surface area contributed by atoms with E-state index >= 15 is 0 Å². The number of benzene rings is 4. The van der Waals surface area contributed by atoms with Crippen molar-refractivity contribution in [3.63, 3.8) is 0 Å². The summed E-state index contributed by atoms with van der Waals surface area (Å²) in [6, 6.07) is 23.3. The molecule has 0 atom stereocenters. The highest BCUT2D eigenvalue weighted by atomic mass is 19.4. The Morgan fingerprint density at radius 3 is 2.09 bits per heavy atom. The molecule has 4 rings (SSSR count). The first-order valence-corrected chi connectivity index (χ1v) is 10.6. The molecule has 0 aliphatic heterocycles. The molecule has 0 aliphatic carbocycles. The number of nitro benzene ring substituents is 1. The van der Waals surface area contributed by atoms with Crippen molar-refractivity contribution in [1.29, 1.82) is 0 Å². The Balaban J connectivity index is 1.88. The molecule has 4 aromatic carbocycles. The van der Waals surface area contributed by atoms with Crippen molar-refractivity contribution in [2.45, 2.75) is 12.8 Å². The van der Waals surface area contributed by atoms with Crippen molar-refractivity contribution >= 4 is 5.69 Å². The molecule has 0 heterocycles. The van der Waals surface area contributed by atoms with E-state index in [2.05, 4.69) is 0 Å². The molecule has 0 unspecified atom stereocenters. The molecule has 35 heavy (non-hydrogen) atoms. The number of nitro groups is 1. The van der Waals surface area contributed by atoms with Gasteiger partial charge in [-0.05, 0) is 35.9 Å². The van der Waals surface area contributed by atoms with Crippen molar-refractivity contribution in [3.8, 4) is 33.8 Å². The number of alkyl halides is 3. The summed E-state index contributed by atoms with van der Waals surface area (Å²) < 4.78 is 52.4. The first kappa shape index (κ1) is 23.8. The van der Waals surface area contributed by atoms with Crippen LogP contribution in [0.5, 0.6) is 11.5 Å². The van der Waals surface area contributed by atoms with Gasteiger partial charge in [0.15, 0.2) is 0 Å². The molecule has 0 aromatic heterocycles. The van der Waals surface area contributed by atoms with Crippen LogP contribution in [0.2, 0.25) is 0 Å². The van der Waals surface area contributed by atoms with Gasteiger partial charge < -0.3 is 9.47 Å². The monoisotopic (exact) mass is 479 g/mol. The number of para-hydroxylation sites is 1. The highest BCUT2D eigenvalue weighted by Gasteiger charge is 2.35. The minimum atomic E-state index is -4.68. The predicted molar refractivity (Wildman–Crippen MR) is 126 cm³/mol. The average Bonchev–Trinajstić information content (AvgIpc) is 2.87. The van der Waals surface area contributed by atoms with Crippen molar-refractivity contribution < 1.29 is 27.6 Å². The van der Waals surface area contributed by atoms with E-state index in [-0.39, 0.29) is 23.3 Å². The second kappa shape index (κ2) is 9.89. The number of ether oxygens (including phenoxy) is 2. The molecule has 178 valence electrons. The lowest BCUT2D eigenvalue weighted by Crippen LogP contribution is -2.08. The molecule has 0 saturated heterocycles. The third-order valence-electron chi connectivity index (χ3n) is 5.46. The van der Waals surface area contributed by atoms with Gasteiger partial charge in [-0.3, -0.25) is 10.1 Å². The Labute approximate surface area is 199 Å². The summed E-state index contributed by atoms with van der Waals surface area (Å²) in [6.07, 6.45) is -4.68. The molecule has 0 radical (unpaired) electrons. The summed E-state index contributed by atoms with van der Waals surface area (Å²) in [4.78, 5) is 11.6. The maximum Gasteiger partial charge on any atom is 0.417 e. The molecule has 0 spiro atoms. The molecule has 0 N–H and O–H groups in total. The lowest BCUT2D eigenvalue weighted by atomic mass is 9.93. The van der Waals surface area contributed by atoms with Gasteiger partial charge in [0.25, 0.3) is 5.69 Å². The molecule has 0 bridgehead atoms. The molecule has 0 saturated carbocycles. The Kier molecular flexibility index (Phi) is 6.73. The lowest BCUT2D eigenvalue weighted by molar-refractivity contribution is -0.383. The summed E-state index contributed by atoms with van der Waals surface area (Å²) in [5.41, 5.74) is -0.424. The van der Waals surface area contributed by atoms with Crippen LogP contribution in [0.15, 0.2) is 91.0 Å². The summed E-state index contributed by atoms with van der Waals surface area (Å²) in [6.45, 7) is 0.186. The van der Waals surface area contributed by atoms with Gasteiger partial charge in [-0.1, -0.05) is 54.6 Å². The van der Waals surface area contributed by atoms with Crippen molar-refractivity contribution in [2.75, 3.05) is 7.11 Å². The number of halogens is 3. The Hall–Kier alpha value is -4.33. The van der Waals surface area contributed by atoms with Crippen LogP contribution in [0.25, 0.3) is 22.3 Å². The smallest absolute Gasteiger partial charge is 0.417 e. The molecule has 8 heteroatoms. The van der Waals surface area contributed by atoms with Crippen molar-refractivity contribution in [1.82, 2.24) is 0 Å². The average molecular weight is 479 g/mol. The number of hydrogen-bond donors (Lipinski definition) is 0. The fraction of sp³-hybridized carbons (Fsp3) is 0.111. The highest BCUT2D eigenvalue weighted by molar-refractivity contribution is 5.89. The number of nitrogens with zero attached hydrogens (tertiary/aromatic N) is 1. The van der Waals surface area contributed by atoms with E-state index in [4.69, 9.17) is 9.47 Å². The third kappa shape index (κ3) is 5.11. The molecular formula is C27H20F3NO4. The largest absolute Gasteiger partial charge is 0.497 e. The van der Waals surface area contributed by atoms with Crippen LogP contribution in [-0.4, -0.2) is 12.0 Å². The normalized spacial score (nSPS) is 11.2. The fourth-order valence-corrected chi connectivity index (χ4v) is 3.85. The van der Waals surface area contributed by atoms with E-state index in [1.54, 1.807) is 18.2 Å². The van der Waals surface area contributed by atoms with E-state index in [0.29, 0.717) is 17.1 Å². The maximum atomic E-state index is 13.7. The topological polar surface area (TPSA) is 61.6 Å². The predicted octanol–water partition coefficient (Wildman–Crippen LogP) is 7.54. The van der Waals surface area contributed by atoms with Gasteiger partial charge in [0, 0.05) is 17.2 Å².